The molecule has 160 valence electrons. The Balaban J connectivity index is 1.64. The molecule has 1 aromatic carbocycles. The van der Waals surface area contributed by atoms with Gasteiger partial charge in [-0.25, -0.2) is 14.2 Å². The second-order valence-electron chi connectivity index (χ2n) is 7.14. The van der Waals surface area contributed by atoms with Crippen molar-refractivity contribution >= 4 is 17.1 Å². The van der Waals surface area contributed by atoms with Crippen molar-refractivity contribution in [2.75, 3.05) is 14.2 Å². The molecule has 3 aromatic rings. The first-order chi connectivity index (χ1) is 14.2. The van der Waals surface area contributed by atoms with Crippen LogP contribution in [0.2, 0.25) is 0 Å². The summed E-state index contributed by atoms with van der Waals surface area (Å²) >= 11 is 0. The minimum absolute atomic E-state index is 0.101. The van der Waals surface area contributed by atoms with E-state index in [1.165, 1.54) is 42.1 Å². The number of amides is 1. The van der Waals surface area contributed by atoms with Crippen molar-refractivity contribution in [3.63, 3.8) is 0 Å². The summed E-state index contributed by atoms with van der Waals surface area (Å²) in [6.45, 7) is 0.678. The minimum atomic E-state index is -0.473. The lowest BCUT2D eigenvalue weighted by Gasteiger charge is -2.18. The fourth-order valence-electron chi connectivity index (χ4n) is 3.33. The molecular formula is C20H24FN5O4. The van der Waals surface area contributed by atoms with Gasteiger partial charge < -0.3 is 14.2 Å². The fourth-order valence-corrected chi connectivity index (χ4v) is 3.33. The maximum Gasteiger partial charge on any atom is 0.332 e. The van der Waals surface area contributed by atoms with Gasteiger partial charge in [-0.05, 0) is 24.1 Å². The van der Waals surface area contributed by atoms with E-state index >= 15 is 0 Å². The molecular weight excluding hydrogens is 393 g/mol. The van der Waals surface area contributed by atoms with E-state index in [2.05, 4.69) is 4.98 Å². The first-order valence-corrected chi connectivity index (χ1v) is 9.41. The molecule has 3 rings (SSSR count). The molecule has 0 unspecified atom stereocenters. The molecule has 9 nitrogen and oxygen atoms in total. The molecule has 2 aromatic heterocycles. The molecule has 2 heterocycles. The van der Waals surface area contributed by atoms with E-state index < -0.39 is 17.1 Å². The standard InChI is InChI=1S/C20H24FN5O4/c1-23(11-13-7-8-15(30-4)14(21)10-13)16(27)6-5-9-26-12-22-18-17(26)19(28)25(3)20(29)24(18)2/h7-8,10,12H,5-6,9,11H2,1-4H3. The molecule has 0 spiro atoms. The SMILES string of the molecule is COc1ccc(CN(C)C(=O)CCCn2cnc3c2c(=O)n(C)c(=O)n3C)cc1F. The van der Waals surface area contributed by atoms with Crippen molar-refractivity contribution in [1.82, 2.24) is 23.6 Å². The first kappa shape index (κ1) is 21.3. The molecule has 0 aliphatic carbocycles. The summed E-state index contributed by atoms with van der Waals surface area (Å²) in [5.74, 6) is -0.418. The van der Waals surface area contributed by atoms with Crippen molar-refractivity contribution in [3.05, 3.63) is 56.7 Å². The molecule has 10 heteroatoms. The quantitative estimate of drug-likeness (QED) is 0.573. The lowest BCUT2D eigenvalue weighted by Crippen LogP contribution is -2.37. The number of carbonyl (C=O) groups is 1. The van der Waals surface area contributed by atoms with Gasteiger partial charge in [-0.3, -0.25) is 18.7 Å². The van der Waals surface area contributed by atoms with Crippen LogP contribution in [0.5, 0.6) is 5.75 Å². The highest BCUT2D eigenvalue weighted by molar-refractivity contribution is 5.76. The third kappa shape index (κ3) is 3.98. The molecule has 30 heavy (non-hydrogen) atoms. The topological polar surface area (TPSA) is 91.4 Å². The number of ether oxygens (including phenoxy) is 1. The summed E-state index contributed by atoms with van der Waals surface area (Å²) in [6.07, 6.45) is 2.23. The van der Waals surface area contributed by atoms with Crippen LogP contribution < -0.4 is 16.0 Å². The van der Waals surface area contributed by atoms with E-state index in [0.717, 1.165) is 4.57 Å². The van der Waals surface area contributed by atoms with Gasteiger partial charge in [-0.15, -0.1) is 0 Å². The first-order valence-electron chi connectivity index (χ1n) is 9.41. The number of hydrogen-bond acceptors (Lipinski definition) is 5. The monoisotopic (exact) mass is 417 g/mol. The molecule has 0 bridgehead atoms. The Bertz CT molecular complexity index is 1210. The molecule has 1 amide bonds. The normalized spacial score (nSPS) is 11.1. The van der Waals surface area contributed by atoms with Crippen LogP contribution in [-0.2, 0) is 32.0 Å². The maximum absolute atomic E-state index is 13.8. The lowest BCUT2D eigenvalue weighted by molar-refractivity contribution is -0.130. The van der Waals surface area contributed by atoms with Crippen molar-refractivity contribution < 1.29 is 13.9 Å². The number of carbonyl (C=O) groups excluding carboxylic acids is 1. The third-order valence-electron chi connectivity index (χ3n) is 5.07. The van der Waals surface area contributed by atoms with E-state index in [1.54, 1.807) is 24.7 Å². The van der Waals surface area contributed by atoms with Crippen LogP contribution >= 0.6 is 0 Å². The predicted octanol–water partition coefficient (Wildman–Crippen LogP) is 1.02. The van der Waals surface area contributed by atoms with Gasteiger partial charge in [-0.2, -0.15) is 0 Å². The Kier molecular flexibility index (Phi) is 6.04. The number of rotatable bonds is 7. The summed E-state index contributed by atoms with van der Waals surface area (Å²) in [4.78, 5) is 42.6. The van der Waals surface area contributed by atoms with E-state index in [1.807, 2.05) is 0 Å². The molecule has 0 saturated carbocycles. The predicted molar refractivity (Wildman–Crippen MR) is 109 cm³/mol. The van der Waals surface area contributed by atoms with Gasteiger partial charge in [-0.1, -0.05) is 6.07 Å². The van der Waals surface area contributed by atoms with Gasteiger partial charge in [0.15, 0.2) is 22.7 Å². The number of aryl methyl sites for hydroxylation is 2. The van der Waals surface area contributed by atoms with E-state index in [4.69, 9.17) is 4.74 Å². The van der Waals surface area contributed by atoms with Crippen LogP contribution in [0, 0.1) is 5.82 Å². The highest BCUT2D eigenvalue weighted by Gasteiger charge is 2.15. The van der Waals surface area contributed by atoms with Crippen LogP contribution in [0.3, 0.4) is 0 Å². The highest BCUT2D eigenvalue weighted by Crippen LogP contribution is 2.18. The number of halogens is 1. The zero-order valence-electron chi connectivity index (χ0n) is 17.4. The smallest absolute Gasteiger partial charge is 0.332 e. The number of nitrogens with zero attached hydrogens (tertiary/aromatic N) is 5. The van der Waals surface area contributed by atoms with Crippen molar-refractivity contribution in [3.8, 4) is 5.75 Å². The van der Waals surface area contributed by atoms with Gasteiger partial charge in [0, 0.05) is 40.7 Å². The largest absolute Gasteiger partial charge is 0.494 e. The number of benzene rings is 1. The second-order valence-corrected chi connectivity index (χ2v) is 7.14. The maximum atomic E-state index is 13.8. The Hall–Kier alpha value is -3.43. The molecule has 0 atom stereocenters. The van der Waals surface area contributed by atoms with Crippen LogP contribution in [0.15, 0.2) is 34.1 Å². The van der Waals surface area contributed by atoms with Gasteiger partial charge in [0.05, 0.1) is 13.4 Å². The fraction of sp³-hybridized carbons (Fsp3) is 0.400. The number of fused-ring (bicyclic) bond motifs is 1. The zero-order valence-corrected chi connectivity index (χ0v) is 17.4. The van der Waals surface area contributed by atoms with E-state index in [0.29, 0.717) is 29.7 Å². The van der Waals surface area contributed by atoms with Gasteiger partial charge in [0.2, 0.25) is 5.91 Å². The van der Waals surface area contributed by atoms with Crippen LogP contribution in [0.4, 0.5) is 4.39 Å². The molecule has 0 aliphatic heterocycles. The number of imidazole rings is 1. The minimum Gasteiger partial charge on any atom is -0.494 e. The molecule has 0 radical (unpaired) electrons. The average Bonchev–Trinajstić information content (AvgIpc) is 3.14. The van der Waals surface area contributed by atoms with Crippen molar-refractivity contribution in [1.29, 1.82) is 0 Å². The Labute approximate surface area is 171 Å². The number of methoxy groups -OCH3 is 1. The summed E-state index contributed by atoms with van der Waals surface area (Å²) in [6, 6.07) is 4.59. The highest BCUT2D eigenvalue weighted by atomic mass is 19.1. The van der Waals surface area contributed by atoms with Crippen LogP contribution in [0.25, 0.3) is 11.2 Å². The van der Waals surface area contributed by atoms with E-state index in [-0.39, 0.29) is 24.6 Å². The lowest BCUT2D eigenvalue weighted by atomic mass is 10.2. The zero-order chi connectivity index (χ0) is 22.0. The van der Waals surface area contributed by atoms with Crippen molar-refractivity contribution in [2.24, 2.45) is 14.1 Å². The van der Waals surface area contributed by atoms with Crippen LogP contribution in [-0.4, -0.2) is 43.6 Å². The molecule has 0 fully saturated rings. The van der Waals surface area contributed by atoms with Gasteiger partial charge >= 0.3 is 5.69 Å². The number of aromatic nitrogens is 4. The van der Waals surface area contributed by atoms with Gasteiger partial charge in [0.25, 0.3) is 5.56 Å². The van der Waals surface area contributed by atoms with E-state index in [9.17, 15) is 18.8 Å². The Morgan fingerprint density at radius 1 is 1.23 bits per heavy atom. The van der Waals surface area contributed by atoms with Crippen LogP contribution in [0.1, 0.15) is 18.4 Å². The van der Waals surface area contributed by atoms with Gasteiger partial charge in [0.1, 0.15) is 0 Å². The summed E-state index contributed by atoms with van der Waals surface area (Å²) < 4.78 is 22.7. The Morgan fingerprint density at radius 2 is 1.97 bits per heavy atom. The number of hydrogen-bond donors (Lipinski definition) is 0. The average molecular weight is 417 g/mol. The summed E-state index contributed by atoms with van der Waals surface area (Å²) in [5, 5.41) is 0. The summed E-state index contributed by atoms with van der Waals surface area (Å²) in [7, 11) is 6.03. The summed E-state index contributed by atoms with van der Waals surface area (Å²) in [5.41, 5.74) is 0.441. The van der Waals surface area contributed by atoms with Crippen molar-refractivity contribution in [2.45, 2.75) is 25.9 Å². The third-order valence-corrected chi connectivity index (χ3v) is 5.07. The second kappa shape index (κ2) is 8.52. The Morgan fingerprint density at radius 3 is 2.63 bits per heavy atom. The molecule has 0 saturated heterocycles. The molecule has 0 N–H and O–H groups in total. The molecule has 0 aliphatic rings.